The fourth-order valence-electron chi connectivity index (χ4n) is 3.28. The number of hydrogen-bond acceptors (Lipinski definition) is 10. The fourth-order valence-corrected chi connectivity index (χ4v) is 14.0. The molecular weight excluding hydrogens is 525 g/mol. The van der Waals surface area contributed by atoms with Gasteiger partial charge >= 0.3 is 0 Å². The van der Waals surface area contributed by atoms with E-state index in [2.05, 4.69) is 13.2 Å². The highest BCUT2D eigenvalue weighted by atomic mass is 32.2. The van der Waals surface area contributed by atoms with Gasteiger partial charge in [-0.2, -0.15) is 16.8 Å². The Balaban J connectivity index is 2.28. The first kappa shape index (κ1) is 27.3. The second-order valence-electron chi connectivity index (χ2n) is 7.36. The van der Waals surface area contributed by atoms with E-state index in [1.54, 1.807) is 6.92 Å². The Morgan fingerprint density at radius 2 is 1.39 bits per heavy atom. The van der Waals surface area contributed by atoms with Crippen molar-refractivity contribution in [2.75, 3.05) is 23.0 Å². The van der Waals surface area contributed by atoms with Gasteiger partial charge in [0.1, 0.15) is 0 Å². The topological polar surface area (TPSA) is 143 Å². The highest BCUT2D eigenvalue weighted by Crippen LogP contribution is 2.57. The van der Waals surface area contributed by atoms with Gasteiger partial charge < -0.3 is 0 Å². The summed E-state index contributed by atoms with van der Waals surface area (Å²) in [6, 6.07) is 0. The van der Waals surface area contributed by atoms with Crippen molar-refractivity contribution < 1.29 is 35.5 Å². The molecule has 2 rings (SSSR count). The van der Waals surface area contributed by atoms with E-state index in [4.69, 9.17) is 0 Å². The van der Waals surface area contributed by atoms with Crippen molar-refractivity contribution in [2.45, 2.75) is 38.4 Å². The largest absolute Gasteiger partial charge is 0.294 e. The van der Waals surface area contributed by atoms with E-state index in [1.807, 2.05) is 0 Å². The van der Waals surface area contributed by atoms with Gasteiger partial charge in [0.25, 0.3) is 20.2 Å². The fraction of sp³-hybridized carbons (Fsp3) is 0.647. The third kappa shape index (κ3) is 7.80. The minimum atomic E-state index is -4.39. The van der Waals surface area contributed by atoms with E-state index in [9.17, 15) is 35.5 Å². The first-order valence-corrected chi connectivity index (χ1v) is 15.9. The van der Waals surface area contributed by atoms with Gasteiger partial charge in [-0.1, -0.05) is 13.2 Å². The molecule has 4 unspecified atom stereocenters. The normalized spacial score (nSPS) is 31.5. The van der Waals surface area contributed by atoms with E-state index in [0.717, 1.165) is 29.6 Å². The van der Waals surface area contributed by atoms with Crippen LogP contribution >= 0.6 is 47.0 Å². The van der Waals surface area contributed by atoms with Crippen LogP contribution in [0, 0.1) is 0 Å². The van der Waals surface area contributed by atoms with Gasteiger partial charge in [-0.15, -0.1) is 47.0 Å². The van der Waals surface area contributed by atoms with Crippen LogP contribution in [0.25, 0.3) is 0 Å². The molecule has 31 heavy (non-hydrogen) atoms. The van der Waals surface area contributed by atoms with Gasteiger partial charge in [0.05, 0.1) is 30.2 Å². The molecule has 2 aliphatic heterocycles. The van der Waals surface area contributed by atoms with Gasteiger partial charge in [0.15, 0.2) is 11.6 Å². The molecule has 2 fully saturated rings. The number of Topliss-reactive ketones (excluding diaryl/α,β-unsaturated/α-hetero) is 1. The molecule has 4 atom stereocenters. The first-order valence-electron chi connectivity index (χ1n) is 8.99. The molecule has 0 aromatic heterocycles. The summed E-state index contributed by atoms with van der Waals surface area (Å²) in [6.45, 7) is 8.65. The summed E-state index contributed by atoms with van der Waals surface area (Å²) in [5, 5.41) is -1.05. The van der Waals surface area contributed by atoms with Crippen LogP contribution in [0.2, 0.25) is 0 Å². The molecule has 0 radical (unpaired) electrons. The van der Waals surface area contributed by atoms with Crippen LogP contribution in [-0.4, -0.2) is 79.2 Å². The monoisotopic (exact) mass is 548 g/mol. The van der Waals surface area contributed by atoms with Crippen LogP contribution in [0.4, 0.5) is 0 Å². The molecule has 0 aromatic carbocycles. The van der Waals surface area contributed by atoms with Crippen LogP contribution < -0.4 is 0 Å². The summed E-state index contributed by atoms with van der Waals surface area (Å²) >= 11 is 4.71. The predicted molar refractivity (Wildman–Crippen MR) is 130 cm³/mol. The summed E-state index contributed by atoms with van der Waals surface area (Å²) in [5.74, 6) is -1.02. The molecule has 0 spiro atoms. The van der Waals surface area contributed by atoms with E-state index < -0.39 is 50.4 Å². The molecule has 0 aliphatic carbocycles. The van der Waals surface area contributed by atoms with Gasteiger partial charge in [-0.05, 0) is 31.4 Å². The quantitative estimate of drug-likeness (QED) is 0.289. The van der Waals surface area contributed by atoms with E-state index >= 15 is 0 Å². The average molecular weight is 549 g/mol. The molecule has 0 saturated carbocycles. The highest BCUT2D eigenvalue weighted by Gasteiger charge is 2.51. The summed E-state index contributed by atoms with van der Waals surface area (Å²) in [5.41, 5.74) is 0.344. The maximum absolute atomic E-state index is 12.3. The Hall–Kier alpha value is 0.0400. The van der Waals surface area contributed by atoms with E-state index in [-0.39, 0.29) is 24.4 Å². The number of rotatable bonds is 11. The third-order valence-corrected chi connectivity index (χ3v) is 14.4. The van der Waals surface area contributed by atoms with Crippen molar-refractivity contribution in [3.63, 3.8) is 0 Å². The lowest BCUT2D eigenvalue weighted by Crippen LogP contribution is -2.35. The maximum atomic E-state index is 12.3. The Morgan fingerprint density at radius 3 is 1.77 bits per heavy atom. The van der Waals surface area contributed by atoms with Crippen molar-refractivity contribution in [1.82, 2.24) is 0 Å². The smallest absolute Gasteiger partial charge is 0.267 e. The standard InChI is InChI=1S/C17H24O8S6/c1-4-12(18)13-7-26-16(28-13,9-30(20,21)22)5-6-17(10-31(23,24)25)27-8-14(29-17)15(19)11(2)3/h4,13-14H,1-2,5-10H2,3H3,(H,20,21,22)(H,23,24,25). The zero-order chi connectivity index (χ0) is 23.7. The maximum Gasteiger partial charge on any atom is 0.267 e. The van der Waals surface area contributed by atoms with E-state index in [1.165, 1.54) is 23.5 Å². The highest BCUT2D eigenvalue weighted by molar-refractivity contribution is 8.23. The lowest BCUT2D eigenvalue weighted by molar-refractivity contribution is -0.115. The molecule has 2 aliphatic rings. The SMILES string of the molecule is C=CC(=O)C1CSC(CCC2(CS(=O)(=O)O)SCC(C(=O)C(=C)C)S2)(CS(=O)(=O)O)S1. The summed E-state index contributed by atoms with van der Waals surface area (Å²) < 4.78 is 63.6. The third-order valence-electron chi connectivity index (χ3n) is 4.63. The summed E-state index contributed by atoms with van der Waals surface area (Å²) in [6.07, 6.45) is 1.46. The number of thioether (sulfide) groups is 4. The van der Waals surface area contributed by atoms with Crippen LogP contribution in [-0.2, 0) is 29.8 Å². The number of carbonyl (C=O) groups excluding carboxylic acids is 2. The molecule has 176 valence electrons. The van der Waals surface area contributed by atoms with Crippen LogP contribution in [0.5, 0.6) is 0 Å². The van der Waals surface area contributed by atoms with Gasteiger partial charge in [0.2, 0.25) is 0 Å². The Kier molecular flexibility index (Phi) is 8.90. The van der Waals surface area contributed by atoms with Gasteiger partial charge in [-0.3, -0.25) is 18.7 Å². The number of hydrogen-bond donors (Lipinski definition) is 2. The molecule has 2 N–H and O–H groups in total. The van der Waals surface area contributed by atoms with Gasteiger partial charge in [0, 0.05) is 11.5 Å². The average Bonchev–Trinajstić information content (AvgIpc) is 3.21. The Bertz CT molecular complexity index is 975. The summed E-state index contributed by atoms with van der Waals surface area (Å²) in [4.78, 5) is 24.4. The second kappa shape index (κ2) is 10.1. The van der Waals surface area contributed by atoms with Crippen molar-refractivity contribution in [3.05, 3.63) is 24.8 Å². The predicted octanol–water partition coefficient (Wildman–Crippen LogP) is 2.53. The zero-order valence-corrected chi connectivity index (χ0v) is 21.6. The summed E-state index contributed by atoms with van der Waals surface area (Å²) in [7, 11) is -8.77. The second-order valence-corrected chi connectivity index (χ2v) is 16.8. The molecule has 2 saturated heterocycles. The molecule has 2 heterocycles. The zero-order valence-electron chi connectivity index (χ0n) is 16.7. The van der Waals surface area contributed by atoms with E-state index in [0.29, 0.717) is 17.1 Å². The molecule has 8 nitrogen and oxygen atoms in total. The van der Waals surface area contributed by atoms with Crippen LogP contribution in [0.3, 0.4) is 0 Å². The van der Waals surface area contributed by atoms with Crippen molar-refractivity contribution in [2.24, 2.45) is 0 Å². The molecule has 14 heteroatoms. The van der Waals surface area contributed by atoms with Crippen molar-refractivity contribution in [3.8, 4) is 0 Å². The lowest BCUT2D eigenvalue weighted by atomic mass is 10.2. The van der Waals surface area contributed by atoms with Crippen LogP contribution in [0.15, 0.2) is 24.8 Å². The molecule has 0 bridgehead atoms. The Labute approximate surface area is 199 Å². The van der Waals surface area contributed by atoms with Crippen molar-refractivity contribution in [1.29, 1.82) is 0 Å². The lowest BCUT2D eigenvalue weighted by Gasteiger charge is -2.32. The molecular formula is C17H24O8S6. The minimum Gasteiger partial charge on any atom is -0.294 e. The number of carbonyl (C=O) groups is 2. The van der Waals surface area contributed by atoms with Crippen LogP contribution in [0.1, 0.15) is 19.8 Å². The van der Waals surface area contributed by atoms with Crippen molar-refractivity contribution >= 4 is 78.9 Å². The first-order chi connectivity index (χ1) is 14.1. The minimum absolute atomic E-state index is 0.145. The Morgan fingerprint density at radius 1 is 0.968 bits per heavy atom. The number of ketones is 2. The molecule has 0 aromatic rings. The van der Waals surface area contributed by atoms with Gasteiger partial charge in [-0.25, -0.2) is 0 Å². The number of allylic oxidation sites excluding steroid dienone is 2. The molecule has 0 amide bonds.